The number of carbonyl (C=O) groups is 1. The van der Waals surface area contributed by atoms with E-state index in [0.717, 1.165) is 0 Å². The summed E-state index contributed by atoms with van der Waals surface area (Å²) in [7, 11) is 4.25. The van der Waals surface area contributed by atoms with Gasteiger partial charge >= 0.3 is 0 Å². The van der Waals surface area contributed by atoms with Crippen LogP contribution in [-0.4, -0.2) is 32.3 Å². The molecule has 0 spiro atoms. The van der Waals surface area contributed by atoms with Crippen LogP contribution >= 0.6 is 11.6 Å². The molecule has 0 aliphatic carbocycles. The predicted molar refractivity (Wildman–Crippen MR) is 101 cm³/mol. The number of nitrogens with one attached hydrogen (secondary N) is 1. The topological polar surface area (TPSA) is 101 Å². The molecule has 0 saturated carbocycles. The second-order valence-corrected chi connectivity index (χ2v) is 5.65. The Kier molecular flexibility index (Phi) is 6.52. The number of nitriles is 1. The minimum absolute atomic E-state index is 0.153. The molecule has 0 aliphatic heterocycles. The lowest BCUT2D eigenvalue weighted by Gasteiger charge is -2.10. The van der Waals surface area contributed by atoms with Gasteiger partial charge in [-0.25, -0.2) is 0 Å². The van der Waals surface area contributed by atoms with E-state index in [1.54, 1.807) is 12.1 Å². The quantitative estimate of drug-likeness (QED) is 0.579. The minimum atomic E-state index is -0.621. The van der Waals surface area contributed by atoms with Gasteiger partial charge in [0.15, 0.2) is 11.5 Å². The molecule has 2 rings (SSSR count). The van der Waals surface area contributed by atoms with E-state index < -0.39 is 5.91 Å². The molecule has 2 aromatic carbocycles. The average molecular weight is 389 g/mol. The lowest BCUT2D eigenvalue weighted by atomic mass is 10.1. The Balaban J connectivity index is 2.32. The van der Waals surface area contributed by atoms with E-state index >= 15 is 0 Å². The molecule has 0 fully saturated rings. The Bertz CT molecular complexity index is 909. The van der Waals surface area contributed by atoms with Crippen molar-refractivity contribution in [3.8, 4) is 29.1 Å². The van der Waals surface area contributed by atoms with Crippen LogP contribution in [0.4, 0.5) is 5.69 Å². The second-order valence-electron chi connectivity index (χ2n) is 5.25. The second kappa shape index (κ2) is 8.83. The van der Waals surface area contributed by atoms with E-state index in [0.29, 0.717) is 22.0 Å². The van der Waals surface area contributed by atoms with Crippen molar-refractivity contribution < 1.29 is 24.1 Å². The van der Waals surface area contributed by atoms with Crippen molar-refractivity contribution in [2.45, 2.75) is 0 Å². The molecule has 1 amide bonds. The summed E-state index contributed by atoms with van der Waals surface area (Å²) < 4.78 is 15.2. The van der Waals surface area contributed by atoms with E-state index in [-0.39, 0.29) is 22.8 Å². The minimum Gasteiger partial charge on any atom is -0.502 e. The third-order valence-corrected chi connectivity index (χ3v) is 3.88. The van der Waals surface area contributed by atoms with Crippen LogP contribution < -0.4 is 19.5 Å². The number of benzene rings is 2. The van der Waals surface area contributed by atoms with Crippen LogP contribution in [-0.2, 0) is 4.79 Å². The number of hydrogen-bond donors (Lipinski definition) is 2. The molecule has 0 aromatic heterocycles. The number of ether oxygens (including phenoxy) is 3. The first kappa shape index (κ1) is 19.9. The number of anilines is 1. The van der Waals surface area contributed by atoms with Gasteiger partial charge in [0.1, 0.15) is 17.4 Å². The van der Waals surface area contributed by atoms with Gasteiger partial charge in [-0.15, -0.1) is 0 Å². The van der Waals surface area contributed by atoms with Gasteiger partial charge in [-0.05, 0) is 42.0 Å². The summed E-state index contributed by atoms with van der Waals surface area (Å²) in [5.41, 5.74) is 0.700. The fraction of sp³-hybridized carbons (Fsp3) is 0.158. The van der Waals surface area contributed by atoms with Crippen molar-refractivity contribution in [2.75, 3.05) is 26.6 Å². The number of phenols is 1. The van der Waals surface area contributed by atoms with Crippen LogP contribution in [0.25, 0.3) is 6.08 Å². The molecule has 27 heavy (non-hydrogen) atoms. The van der Waals surface area contributed by atoms with Crippen LogP contribution in [0, 0.1) is 11.3 Å². The third-order valence-electron chi connectivity index (χ3n) is 3.59. The molecule has 2 aromatic rings. The number of rotatable bonds is 6. The van der Waals surface area contributed by atoms with Crippen LogP contribution in [0.2, 0.25) is 5.02 Å². The van der Waals surface area contributed by atoms with Crippen molar-refractivity contribution in [3.05, 3.63) is 46.5 Å². The lowest BCUT2D eigenvalue weighted by Crippen LogP contribution is -2.13. The van der Waals surface area contributed by atoms with E-state index in [2.05, 4.69) is 5.32 Å². The van der Waals surface area contributed by atoms with E-state index in [4.69, 9.17) is 25.8 Å². The number of hydrogen-bond acceptors (Lipinski definition) is 6. The molecule has 0 aliphatic rings. The summed E-state index contributed by atoms with van der Waals surface area (Å²) in [6.07, 6.45) is 1.35. The highest BCUT2D eigenvalue weighted by Crippen LogP contribution is 2.37. The van der Waals surface area contributed by atoms with Gasteiger partial charge in [-0.2, -0.15) is 5.26 Å². The van der Waals surface area contributed by atoms with Gasteiger partial charge in [0.2, 0.25) is 5.75 Å². The molecule has 8 heteroatoms. The number of carbonyl (C=O) groups excluding carboxylic acids is 1. The Morgan fingerprint density at radius 2 is 1.70 bits per heavy atom. The van der Waals surface area contributed by atoms with Crippen LogP contribution in [0.5, 0.6) is 23.0 Å². The van der Waals surface area contributed by atoms with Gasteiger partial charge < -0.3 is 24.6 Å². The zero-order valence-electron chi connectivity index (χ0n) is 14.9. The highest BCUT2D eigenvalue weighted by molar-refractivity contribution is 6.32. The van der Waals surface area contributed by atoms with Crippen molar-refractivity contribution in [1.82, 2.24) is 0 Å². The van der Waals surface area contributed by atoms with Crippen LogP contribution in [0.3, 0.4) is 0 Å². The third kappa shape index (κ3) is 4.63. The molecular formula is C19H17ClN2O5. The lowest BCUT2D eigenvalue weighted by molar-refractivity contribution is -0.112. The maximum absolute atomic E-state index is 12.4. The number of nitrogens with zero attached hydrogens (tertiary/aromatic N) is 1. The van der Waals surface area contributed by atoms with Crippen molar-refractivity contribution >= 4 is 29.3 Å². The summed E-state index contributed by atoms with van der Waals surface area (Å²) in [4.78, 5) is 12.4. The predicted octanol–water partition coefficient (Wildman–Crippen LogP) is 3.62. The fourth-order valence-corrected chi connectivity index (χ4v) is 2.51. The summed E-state index contributed by atoms with van der Waals surface area (Å²) in [5.74, 6) is -0.0211. The number of phenolic OH excluding ortho intramolecular Hbond substituents is 1. The number of methoxy groups -OCH3 is 3. The molecule has 0 atom stereocenters. The Hall–Kier alpha value is -3.37. The smallest absolute Gasteiger partial charge is 0.266 e. The van der Waals surface area contributed by atoms with Crippen LogP contribution in [0.15, 0.2) is 35.9 Å². The highest BCUT2D eigenvalue weighted by Gasteiger charge is 2.14. The Labute approximate surface area is 161 Å². The molecule has 0 unspecified atom stereocenters. The summed E-state index contributed by atoms with van der Waals surface area (Å²) in [6, 6.07) is 9.52. The molecular weight excluding hydrogens is 372 g/mol. The maximum atomic E-state index is 12.4. The van der Waals surface area contributed by atoms with Gasteiger partial charge in [0, 0.05) is 5.69 Å². The molecule has 0 radical (unpaired) electrons. The first-order valence-corrected chi connectivity index (χ1v) is 8.03. The molecule has 140 valence electrons. The number of aromatic hydroxyl groups is 1. The summed E-state index contributed by atoms with van der Waals surface area (Å²) in [5, 5.41) is 22.2. The molecule has 0 heterocycles. The van der Waals surface area contributed by atoms with Gasteiger partial charge in [-0.1, -0.05) is 11.6 Å². The SMILES string of the molecule is COc1ccc(NC(=O)/C(C#N)=C/c2cc(OC)c(O)c(OC)c2)cc1Cl. The molecule has 0 saturated heterocycles. The first-order chi connectivity index (χ1) is 12.9. The van der Waals surface area contributed by atoms with Crippen molar-refractivity contribution in [3.63, 3.8) is 0 Å². The van der Waals surface area contributed by atoms with Crippen molar-refractivity contribution in [1.29, 1.82) is 5.26 Å². The van der Waals surface area contributed by atoms with E-state index in [9.17, 15) is 15.2 Å². The molecule has 2 N–H and O–H groups in total. The normalized spacial score (nSPS) is 10.7. The standard InChI is InChI=1S/C19H17ClN2O5/c1-25-15-5-4-13(9-14(15)20)22-19(24)12(10-21)6-11-7-16(26-2)18(23)17(8-11)27-3/h4-9,23H,1-3H3,(H,22,24)/b12-6+. The van der Waals surface area contributed by atoms with Gasteiger partial charge in [0.25, 0.3) is 5.91 Å². The summed E-state index contributed by atoms with van der Waals surface area (Å²) in [6.45, 7) is 0. The Morgan fingerprint density at radius 3 is 2.19 bits per heavy atom. The van der Waals surface area contributed by atoms with E-state index in [1.165, 1.54) is 45.6 Å². The zero-order valence-corrected chi connectivity index (χ0v) is 15.6. The number of halogens is 1. The number of amides is 1. The fourth-order valence-electron chi connectivity index (χ4n) is 2.25. The highest BCUT2D eigenvalue weighted by atomic mass is 35.5. The monoisotopic (exact) mass is 388 g/mol. The Morgan fingerprint density at radius 1 is 1.11 bits per heavy atom. The van der Waals surface area contributed by atoms with Crippen LogP contribution in [0.1, 0.15) is 5.56 Å². The van der Waals surface area contributed by atoms with E-state index in [1.807, 2.05) is 6.07 Å². The molecule has 0 bridgehead atoms. The largest absolute Gasteiger partial charge is 0.502 e. The summed E-state index contributed by atoms with van der Waals surface area (Å²) >= 11 is 6.03. The first-order valence-electron chi connectivity index (χ1n) is 7.65. The average Bonchev–Trinajstić information content (AvgIpc) is 2.67. The van der Waals surface area contributed by atoms with Gasteiger partial charge in [0.05, 0.1) is 26.4 Å². The van der Waals surface area contributed by atoms with Crippen molar-refractivity contribution in [2.24, 2.45) is 0 Å². The maximum Gasteiger partial charge on any atom is 0.266 e. The molecule has 7 nitrogen and oxygen atoms in total. The van der Waals surface area contributed by atoms with Gasteiger partial charge in [-0.3, -0.25) is 4.79 Å². The zero-order chi connectivity index (χ0) is 20.0.